The summed E-state index contributed by atoms with van der Waals surface area (Å²) in [5, 5.41) is 0. The van der Waals surface area contributed by atoms with Gasteiger partial charge in [-0.05, 0) is 56.5 Å². The monoisotopic (exact) mass is 359 g/mol. The molecule has 0 unspecified atom stereocenters. The number of sulfonamides is 1. The minimum absolute atomic E-state index is 0.129. The summed E-state index contributed by atoms with van der Waals surface area (Å²) in [7, 11) is -3.96. The molecule has 134 valence electrons. The second-order valence-electron chi connectivity index (χ2n) is 6.30. The maximum Gasteiger partial charge on any atom is 0.270 e. The van der Waals surface area contributed by atoms with Crippen LogP contribution in [0.4, 0.5) is 5.69 Å². The van der Waals surface area contributed by atoms with Crippen LogP contribution in [-0.2, 0) is 14.8 Å². The summed E-state index contributed by atoms with van der Waals surface area (Å²) < 4.78 is 27.4. The van der Waals surface area contributed by atoms with Crippen LogP contribution in [0.3, 0.4) is 0 Å². The molecule has 0 radical (unpaired) electrons. The van der Waals surface area contributed by atoms with Crippen LogP contribution >= 0.6 is 0 Å². The second kappa shape index (κ2) is 7.83. The molecule has 0 heterocycles. The largest absolute Gasteiger partial charge is 0.273 e. The smallest absolute Gasteiger partial charge is 0.270 e. The predicted molar refractivity (Wildman–Crippen MR) is 101 cm³/mol. The van der Waals surface area contributed by atoms with Crippen LogP contribution in [0.1, 0.15) is 42.9 Å². The Morgan fingerprint density at radius 1 is 1.00 bits per heavy atom. The van der Waals surface area contributed by atoms with E-state index >= 15 is 0 Å². The number of hydrogen-bond donors (Lipinski definition) is 0. The summed E-state index contributed by atoms with van der Waals surface area (Å²) >= 11 is 0. The van der Waals surface area contributed by atoms with Crippen molar-refractivity contribution in [2.75, 3.05) is 4.31 Å². The molecule has 0 atom stereocenters. The lowest BCUT2D eigenvalue weighted by atomic mass is 10.1. The van der Waals surface area contributed by atoms with Gasteiger partial charge in [-0.1, -0.05) is 43.2 Å². The van der Waals surface area contributed by atoms with Gasteiger partial charge in [-0.15, -0.1) is 0 Å². The SMILES string of the molecule is CCCCC(=O)N(c1cccc(C)c1C)S(=O)(=O)c1ccc(C)cc1. The summed E-state index contributed by atoms with van der Waals surface area (Å²) in [6.07, 6.45) is 1.69. The third-order valence-electron chi connectivity index (χ3n) is 4.32. The summed E-state index contributed by atoms with van der Waals surface area (Å²) in [5.41, 5.74) is 3.14. The van der Waals surface area contributed by atoms with E-state index in [4.69, 9.17) is 0 Å². The zero-order chi connectivity index (χ0) is 18.6. The van der Waals surface area contributed by atoms with Gasteiger partial charge in [-0.2, -0.15) is 0 Å². The zero-order valence-electron chi connectivity index (χ0n) is 15.2. The Bertz CT molecular complexity index is 855. The molecule has 1 amide bonds. The molecule has 2 aromatic rings. The fourth-order valence-corrected chi connectivity index (χ4v) is 4.11. The van der Waals surface area contributed by atoms with Crippen LogP contribution < -0.4 is 4.31 Å². The molecule has 2 aromatic carbocycles. The van der Waals surface area contributed by atoms with Crippen LogP contribution in [0, 0.1) is 20.8 Å². The average Bonchev–Trinajstić information content (AvgIpc) is 2.57. The molecule has 5 heteroatoms. The fourth-order valence-electron chi connectivity index (χ4n) is 2.60. The van der Waals surface area contributed by atoms with E-state index in [0.29, 0.717) is 12.1 Å². The number of carbonyl (C=O) groups excluding carboxylic acids is 1. The first-order valence-corrected chi connectivity index (χ1v) is 9.94. The van der Waals surface area contributed by atoms with Gasteiger partial charge in [0.2, 0.25) is 5.91 Å². The molecule has 2 rings (SSSR count). The third kappa shape index (κ3) is 4.10. The second-order valence-corrected chi connectivity index (χ2v) is 8.09. The fraction of sp³-hybridized carbons (Fsp3) is 0.350. The normalized spacial score (nSPS) is 11.4. The topological polar surface area (TPSA) is 54.5 Å². The first kappa shape index (κ1) is 19.2. The van der Waals surface area contributed by atoms with Crippen molar-refractivity contribution in [3.63, 3.8) is 0 Å². The summed E-state index contributed by atoms with van der Waals surface area (Å²) in [6.45, 7) is 7.62. The van der Waals surface area contributed by atoms with Crippen LogP contribution in [0.25, 0.3) is 0 Å². The first-order chi connectivity index (χ1) is 11.8. The third-order valence-corrected chi connectivity index (χ3v) is 6.07. The van der Waals surface area contributed by atoms with Crippen molar-refractivity contribution >= 4 is 21.6 Å². The van der Waals surface area contributed by atoms with E-state index in [9.17, 15) is 13.2 Å². The van der Waals surface area contributed by atoms with Crippen LogP contribution in [0.2, 0.25) is 0 Å². The Labute approximate surface area is 150 Å². The molecule has 0 saturated carbocycles. The highest BCUT2D eigenvalue weighted by atomic mass is 32.2. The maximum absolute atomic E-state index is 13.2. The van der Waals surface area contributed by atoms with Gasteiger partial charge in [-0.3, -0.25) is 4.79 Å². The number of amides is 1. The lowest BCUT2D eigenvalue weighted by Crippen LogP contribution is -2.37. The molecule has 0 N–H and O–H groups in total. The molecule has 0 aromatic heterocycles. The number of carbonyl (C=O) groups is 1. The van der Waals surface area contributed by atoms with Crippen LogP contribution in [-0.4, -0.2) is 14.3 Å². The van der Waals surface area contributed by atoms with Gasteiger partial charge in [0, 0.05) is 6.42 Å². The highest BCUT2D eigenvalue weighted by Crippen LogP contribution is 2.29. The van der Waals surface area contributed by atoms with Crippen molar-refractivity contribution in [2.45, 2.75) is 51.9 Å². The van der Waals surface area contributed by atoms with Gasteiger partial charge in [0.15, 0.2) is 0 Å². The molecule has 0 spiro atoms. The predicted octanol–water partition coefficient (Wildman–Crippen LogP) is 4.52. The van der Waals surface area contributed by atoms with Crippen molar-refractivity contribution in [2.24, 2.45) is 0 Å². The van der Waals surface area contributed by atoms with Crippen molar-refractivity contribution < 1.29 is 13.2 Å². The molecule has 25 heavy (non-hydrogen) atoms. The Hall–Kier alpha value is -2.14. The molecular formula is C20H25NO3S. The molecule has 4 nitrogen and oxygen atoms in total. The summed E-state index contributed by atoms with van der Waals surface area (Å²) in [4.78, 5) is 12.9. The van der Waals surface area contributed by atoms with Gasteiger partial charge < -0.3 is 0 Å². The lowest BCUT2D eigenvalue weighted by Gasteiger charge is -2.25. The van der Waals surface area contributed by atoms with Gasteiger partial charge in [0.05, 0.1) is 10.6 Å². The van der Waals surface area contributed by atoms with E-state index in [1.807, 2.05) is 33.8 Å². The Balaban J connectivity index is 2.60. The number of rotatable bonds is 6. The Morgan fingerprint density at radius 2 is 1.64 bits per heavy atom. The van der Waals surface area contributed by atoms with Crippen molar-refractivity contribution in [1.29, 1.82) is 0 Å². The van der Waals surface area contributed by atoms with Crippen molar-refractivity contribution in [3.05, 3.63) is 59.2 Å². The lowest BCUT2D eigenvalue weighted by molar-refractivity contribution is -0.117. The quantitative estimate of drug-likeness (QED) is 0.762. The van der Waals surface area contributed by atoms with E-state index in [2.05, 4.69) is 0 Å². The molecule has 0 bridgehead atoms. The Morgan fingerprint density at radius 3 is 2.24 bits per heavy atom. The van der Waals surface area contributed by atoms with Crippen LogP contribution in [0.5, 0.6) is 0 Å². The van der Waals surface area contributed by atoms with Gasteiger partial charge in [0.1, 0.15) is 0 Å². The number of benzene rings is 2. The van der Waals surface area contributed by atoms with Gasteiger partial charge in [-0.25, -0.2) is 12.7 Å². The minimum Gasteiger partial charge on any atom is -0.273 e. The molecule has 0 aliphatic heterocycles. The van der Waals surface area contributed by atoms with E-state index in [1.54, 1.807) is 36.4 Å². The average molecular weight is 359 g/mol. The minimum atomic E-state index is -3.96. The van der Waals surface area contributed by atoms with E-state index in [0.717, 1.165) is 27.4 Å². The molecule has 0 fully saturated rings. The highest BCUT2D eigenvalue weighted by molar-refractivity contribution is 7.93. The van der Waals surface area contributed by atoms with Crippen molar-refractivity contribution in [1.82, 2.24) is 0 Å². The number of nitrogens with zero attached hydrogens (tertiary/aromatic N) is 1. The number of anilines is 1. The first-order valence-electron chi connectivity index (χ1n) is 8.50. The van der Waals surface area contributed by atoms with E-state index < -0.39 is 15.9 Å². The van der Waals surface area contributed by atoms with Gasteiger partial charge >= 0.3 is 0 Å². The van der Waals surface area contributed by atoms with Crippen LogP contribution in [0.15, 0.2) is 47.4 Å². The molecular weight excluding hydrogens is 334 g/mol. The standard InChI is InChI=1S/C20H25NO3S/c1-5-6-10-20(22)21(19-9-7-8-16(3)17(19)4)25(23,24)18-13-11-15(2)12-14-18/h7-9,11-14H,5-6,10H2,1-4H3. The number of unbranched alkanes of at least 4 members (excludes halogenated alkanes) is 1. The number of hydrogen-bond acceptors (Lipinski definition) is 3. The van der Waals surface area contributed by atoms with Gasteiger partial charge in [0.25, 0.3) is 10.0 Å². The van der Waals surface area contributed by atoms with Crippen molar-refractivity contribution in [3.8, 4) is 0 Å². The molecule has 0 saturated heterocycles. The summed E-state index contributed by atoms with van der Waals surface area (Å²) in [6, 6.07) is 12.0. The highest BCUT2D eigenvalue weighted by Gasteiger charge is 2.31. The molecule has 0 aliphatic rings. The Kier molecular flexibility index (Phi) is 6.01. The molecule has 0 aliphatic carbocycles. The summed E-state index contributed by atoms with van der Waals surface area (Å²) in [5.74, 6) is -0.392. The van der Waals surface area contributed by atoms with E-state index in [1.165, 1.54) is 0 Å². The number of aryl methyl sites for hydroxylation is 2. The maximum atomic E-state index is 13.2. The zero-order valence-corrected chi connectivity index (χ0v) is 16.1. The van der Waals surface area contributed by atoms with E-state index in [-0.39, 0.29) is 11.3 Å².